The molecule has 0 unspecified atom stereocenters. The number of imidazole rings is 1. The molecule has 0 amide bonds. The first kappa shape index (κ1) is 18.2. The molecule has 0 spiro atoms. The van der Waals surface area contributed by atoms with E-state index in [1.165, 1.54) is 6.07 Å². The van der Waals surface area contributed by atoms with Gasteiger partial charge in [-0.15, -0.1) is 0 Å². The van der Waals surface area contributed by atoms with Crippen molar-refractivity contribution in [3.8, 4) is 17.4 Å². The molecule has 0 aliphatic rings. The maximum Gasteiger partial charge on any atom is 0.273 e. The van der Waals surface area contributed by atoms with E-state index in [0.717, 1.165) is 11.0 Å². The third-order valence-corrected chi connectivity index (χ3v) is 4.65. The molecule has 0 radical (unpaired) electrons. The Kier molecular flexibility index (Phi) is 4.67. The molecule has 0 saturated carbocycles. The number of hydrogen-bond acceptors (Lipinski definition) is 5. The standard InChI is InChI=1S/C22H16N4O3/c1-15-6-7-17(11-21(15)26(27)28)22-9-8-18(29-22)10-16(12-23)13-25-14-24-19-4-2-3-5-20(19)25/h2-11,14H,13H2,1H3/b16-10-. The molecular formula is C22H16N4O3. The highest BCUT2D eigenvalue weighted by Crippen LogP contribution is 2.29. The van der Waals surface area contributed by atoms with Crippen molar-refractivity contribution in [2.24, 2.45) is 0 Å². The minimum Gasteiger partial charge on any atom is -0.457 e. The van der Waals surface area contributed by atoms with Crippen LogP contribution in [-0.2, 0) is 6.54 Å². The Morgan fingerprint density at radius 3 is 2.90 bits per heavy atom. The smallest absolute Gasteiger partial charge is 0.273 e. The Morgan fingerprint density at radius 1 is 1.28 bits per heavy atom. The van der Waals surface area contributed by atoms with Crippen LogP contribution in [0, 0.1) is 28.4 Å². The lowest BCUT2D eigenvalue weighted by atomic mass is 10.1. The second-order valence-electron chi connectivity index (χ2n) is 6.60. The number of nitro groups is 1. The fraction of sp³-hybridized carbons (Fsp3) is 0.0909. The van der Waals surface area contributed by atoms with Gasteiger partial charge in [-0.1, -0.05) is 24.3 Å². The predicted molar refractivity (Wildman–Crippen MR) is 109 cm³/mol. The molecule has 4 aromatic rings. The molecule has 0 bridgehead atoms. The zero-order valence-corrected chi connectivity index (χ0v) is 15.6. The molecule has 7 heteroatoms. The summed E-state index contributed by atoms with van der Waals surface area (Å²) in [6.07, 6.45) is 3.37. The summed E-state index contributed by atoms with van der Waals surface area (Å²) in [5.74, 6) is 1.01. The van der Waals surface area contributed by atoms with Gasteiger partial charge in [0.1, 0.15) is 11.5 Å². The second-order valence-corrected chi connectivity index (χ2v) is 6.60. The van der Waals surface area contributed by atoms with Crippen molar-refractivity contribution in [1.82, 2.24) is 9.55 Å². The number of fused-ring (bicyclic) bond motifs is 1. The number of nitro benzene ring substituents is 1. The Hall–Kier alpha value is -4.18. The second kappa shape index (κ2) is 7.44. The summed E-state index contributed by atoms with van der Waals surface area (Å²) in [5, 5.41) is 20.7. The fourth-order valence-electron chi connectivity index (χ4n) is 3.15. The highest BCUT2D eigenvalue weighted by Gasteiger charge is 2.14. The Morgan fingerprint density at radius 2 is 2.10 bits per heavy atom. The van der Waals surface area contributed by atoms with Gasteiger partial charge in [0.25, 0.3) is 5.69 Å². The average molecular weight is 384 g/mol. The zero-order valence-electron chi connectivity index (χ0n) is 15.6. The number of rotatable bonds is 5. The molecule has 0 aliphatic heterocycles. The van der Waals surface area contributed by atoms with E-state index in [0.29, 0.717) is 34.8 Å². The lowest BCUT2D eigenvalue weighted by Gasteiger charge is -2.02. The van der Waals surface area contributed by atoms with Gasteiger partial charge in [-0.25, -0.2) is 4.98 Å². The van der Waals surface area contributed by atoms with Gasteiger partial charge >= 0.3 is 0 Å². The molecule has 0 saturated heterocycles. The lowest BCUT2D eigenvalue weighted by Crippen LogP contribution is -1.98. The zero-order chi connectivity index (χ0) is 20.4. The summed E-state index contributed by atoms with van der Waals surface area (Å²) in [5.41, 5.74) is 3.56. The Labute approximate surface area is 166 Å². The Balaban J connectivity index is 1.62. The Bertz CT molecular complexity index is 1290. The summed E-state index contributed by atoms with van der Waals surface area (Å²) in [6, 6.07) is 18.3. The van der Waals surface area contributed by atoms with E-state index in [1.54, 1.807) is 43.6 Å². The third-order valence-electron chi connectivity index (χ3n) is 4.65. The number of para-hydroxylation sites is 2. The monoisotopic (exact) mass is 384 g/mol. The van der Waals surface area contributed by atoms with Crippen molar-refractivity contribution in [3.63, 3.8) is 0 Å². The van der Waals surface area contributed by atoms with Crippen molar-refractivity contribution in [1.29, 1.82) is 5.26 Å². The molecule has 0 N–H and O–H groups in total. The minimum atomic E-state index is -0.411. The molecule has 2 heterocycles. The van der Waals surface area contributed by atoms with E-state index in [1.807, 2.05) is 28.8 Å². The first-order chi connectivity index (χ1) is 14.0. The number of benzene rings is 2. The molecule has 29 heavy (non-hydrogen) atoms. The van der Waals surface area contributed by atoms with Gasteiger partial charge < -0.3 is 8.98 Å². The number of furan rings is 1. The van der Waals surface area contributed by atoms with Gasteiger partial charge in [-0.05, 0) is 37.3 Å². The SMILES string of the molecule is Cc1ccc(-c2ccc(/C=C(/C#N)Cn3cnc4ccccc43)o2)cc1[N+](=O)[O-]. The molecule has 0 atom stereocenters. The van der Waals surface area contributed by atoms with Gasteiger partial charge in [0.05, 0.1) is 40.5 Å². The first-order valence-corrected chi connectivity index (χ1v) is 8.91. The molecule has 7 nitrogen and oxygen atoms in total. The van der Waals surface area contributed by atoms with E-state index < -0.39 is 4.92 Å². The molecular weight excluding hydrogens is 368 g/mol. The number of hydrogen-bond donors (Lipinski definition) is 0. The summed E-state index contributed by atoms with van der Waals surface area (Å²) in [6.45, 7) is 2.06. The molecule has 2 aromatic heterocycles. The van der Waals surface area contributed by atoms with Crippen LogP contribution in [0.1, 0.15) is 11.3 Å². The van der Waals surface area contributed by atoms with Crippen molar-refractivity contribution >= 4 is 22.8 Å². The van der Waals surface area contributed by atoms with Crippen LogP contribution in [0.4, 0.5) is 5.69 Å². The van der Waals surface area contributed by atoms with Crippen LogP contribution in [0.15, 0.2) is 70.9 Å². The van der Waals surface area contributed by atoms with Crippen LogP contribution in [0.2, 0.25) is 0 Å². The lowest BCUT2D eigenvalue weighted by molar-refractivity contribution is -0.385. The molecule has 2 aromatic carbocycles. The molecule has 4 rings (SSSR count). The van der Waals surface area contributed by atoms with Gasteiger partial charge in [0.15, 0.2) is 0 Å². The van der Waals surface area contributed by atoms with Gasteiger partial charge in [0.2, 0.25) is 0 Å². The first-order valence-electron chi connectivity index (χ1n) is 8.91. The van der Waals surface area contributed by atoms with E-state index in [9.17, 15) is 15.4 Å². The fourth-order valence-corrected chi connectivity index (χ4v) is 3.15. The number of aryl methyl sites for hydroxylation is 1. The molecule has 142 valence electrons. The average Bonchev–Trinajstić information content (AvgIpc) is 3.35. The number of allylic oxidation sites excluding steroid dienone is 1. The number of nitriles is 1. The van der Waals surface area contributed by atoms with Crippen LogP contribution in [-0.4, -0.2) is 14.5 Å². The van der Waals surface area contributed by atoms with Crippen molar-refractivity contribution in [2.45, 2.75) is 13.5 Å². The topological polar surface area (TPSA) is 97.9 Å². The van der Waals surface area contributed by atoms with E-state index >= 15 is 0 Å². The van der Waals surface area contributed by atoms with E-state index in [4.69, 9.17) is 4.42 Å². The molecule has 0 aliphatic carbocycles. The summed E-state index contributed by atoms with van der Waals surface area (Å²) < 4.78 is 7.71. The summed E-state index contributed by atoms with van der Waals surface area (Å²) in [7, 11) is 0. The number of aromatic nitrogens is 2. The van der Waals surface area contributed by atoms with Crippen LogP contribution in [0.5, 0.6) is 0 Å². The largest absolute Gasteiger partial charge is 0.457 e. The van der Waals surface area contributed by atoms with E-state index in [-0.39, 0.29) is 5.69 Å². The van der Waals surface area contributed by atoms with Crippen LogP contribution in [0.25, 0.3) is 28.4 Å². The van der Waals surface area contributed by atoms with E-state index in [2.05, 4.69) is 11.1 Å². The van der Waals surface area contributed by atoms with Gasteiger partial charge in [0, 0.05) is 17.2 Å². The third kappa shape index (κ3) is 3.64. The number of nitrogens with zero attached hydrogens (tertiary/aromatic N) is 4. The van der Waals surface area contributed by atoms with Crippen molar-refractivity contribution < 1.29 is 9.34 Å². The van der Waals surface area contributed by atoms with Crippen LogP contribution < -0.4 is 0 Å². The van der Waals surface area contributed by atoms with Gasteiger partial charge in [-0.2, -0.15) is 5.26 Å². The van der Waals surface area contributed by atoms with Crippen molar-refractivity contribution in [2.75, 3.05) is 0 Å². The van der Waals surface area contributed by atoms with Crippen LogP contribution in [0.3, 0.4) is 0 Å². The molecule has 0 fully saturated rings. The maximum absolute atomic E-state index is 11.2. The quantitative estimate of drug-likeness (QED) is 0.270. The predicted octanol–water partition coefficient (Wildman–Crippen LogP) is 5.12. The normalized spacial score (nSPS) is 11.5. The van der Waals surface area contributed by atoms with Crippen molar-refractivity contribution in [3.05, 3.63) is 87.9 Å². The van der Waals surface area contributed by atoms with Gasteiger partial charge in [-0.3, -0.25) is 10.1 Å². The summed E-state index contributed by atoms with van der Waals surface area (Å²) >= 11 is 0. The minimum absolute atomic E-state index is 0.0423. The highest BCUT2D eigenvalue weighted by atomic mass is 16.6. The maximum atomic E-state index is 11.2. The highest BCUT2D eigenvalue weighted by molar-refractivity contribution is 5.75. The van der Waals surface area contributed by atoms with Crippen LogP contribution >= 0.6 is 0 Å². The summed E-state index contributed by atoms with van der Waals surface area (Å²) in [4.78, 5) is 15.1.